The van der Waals surface area contributed by atoms with Crippen molar-refractivity contribution in [2.75, 3.05) is 12.9 Å². The lowest BCUT2D eigenvalue weighted by atomic mass is 10.1. The van der Waals surface area contributed by atoms with Crippen LogP contribution in [0.3, 0.4) is 0 Å². The van der Waals surface area contributed by atoms with Crippen LogP contribution in [0.5, 0.6) is 0 Å². The van der Waals surface area contributed by atoms with Crippen LogP contribution < -0.4 is 5.73 Å². The van der Waals surface area contributed by atoms with E-state index in [0.717, 1.165) is 22.6 Å². The molecule has 0 radical (unpaired) electrons. The Balaban J connectivity index is 2.43. The molecule has 0 amide bonds. The van der Waals surface area contributed by atoms with Crippen molar-refractivity contribution in [3.8, 4) is 0 Å². The van der Waals surface area contributed by atoms with Crippen molar-refractivity contribution in [3.05, 3.63) is 29.8 Å². The van der Waals surface area contributed by atoms with E-state index in [9.17, 15) is 4.79 Å². The molecular weight excluding hydrogens is 234 g/mol. The fourth-order valence-electron chi connectivity index (χ4n) is 1.40. The van der Waals surface area contributed by atoms with Gasteiger partial charge < -0.3 is 10.5 Å². The summed E-state index contributed by atoms with van der Waals surface area (Å²) in [5.41, 5.74) is 7.09. The van der Waals surface area contributed by atoms with Crippen LogP contribution in [0.4, 0.5) is 0 Å². The number of benzene rings is 1. The van der Waals surface area contributed by atoms with Crippen molar-refractivity contribution in [1.29, 1.82) is 0 Å². The van der Waals surface area contributed by atoms with Crippen LogP contribution in [0.2, 0.25) is 0 Å². The number of hydrogen-bond acceptors (Lipinski definition) is 4. The minimum absolute atomic E-state index is 0.115. The van der Waals surface area contributed by atoms with Gasteiger partial charge in [0.25, 0.3) is 0 Å². The number of ether oxygens (including phenoxy) is 1. The Morgan fingerprint density at radius 1 is 1.41 bits per heavy atom. The van der Waals surface area contributed by atoms with Gasteiger partial charge in [-0.3, -0.25) is 4.79 Å². The van der Waals surface area contributed by atoms with E-state index in [1.165, 1.54) is 7.11 Å². The largest absolute Gasteiger partial charge is 0.469 e. The Hall–Kier alpha value is -1.00. The SMILES string of the molecule is CC[C@H](N)c1ccc(SCCC(=O)OC)cc1. The molecule has 4 heteroatoms. The molecule has 1 aromatic carbocycles. The fraction of sp³-hybridized carbons (Fsp3) is 0.462. The van der Waals surface area contributed by atoms with Gasteiger partial charge in [-0.05, 0) is 24.1 Å². The van der Waals surface area contributed by atoms with Gasteiger partial charge in [-0.15, -0.1) is 11.8 Å². The summed E-state index contributed by atoms with van der Waals surface area (Å²) in [6.07, 6.45) is 1.38. The van der Waals surface area contributed by atoms with Crippen LogP contribution in [0.15, 0.2) is 29.2 Å². The zero-order valence-corrected chi connectivity index (χ0v) is 11.1. The zero-order chi connectivity index (χ0) is 12.7. The second kappa shape index (κ2) is 7.35. The van der Waals surface area contributed by atoms with Crippen LogP contribution in [-0.2, 0) is 9.53 Å². The van der Waals surface area contributed by atoms with Crippen LogP contribution in [0.25, 0.3) is 0 Å². The number of hydrogen-bond donors (Lipinski definition) is 1. The Labute approximate surface area is 107 Å². The molecule has 0 saturated heterocycles. The third-order valence-corrected chi connectivity index (χ3v) is 3.56. The Bertz CT molecular complexity index is 351. The summed E-state index contributed by atoms with van der Waals surface area (Å²) in [7, 11) is 1.41. The van der Waals surface area contributed by atoms with Gasteiger partial charge in [0.05, 0.1) is 13.5 Å². The molecule has 1 aromatic rings. The number of esters is 1. The summed E-state index contributed by atoms with van der Waals surface area (Å²) in [5, 5.41) is 0. The Morgan fingerprint density at radius 3 is 2.59 bits per heavy atom. The lowest BCUT2D eigenvalue weighted by Gasteiger charge is -2.09. The molecule has 1 rings (SSSR count). The maximum Gasteiger partial charge on any atom is 0.306 e. The summed E-state index contributed by atoms with van der Waals surface area (Å²) < 4.78 is 4.58. The predicted octanol–water partition coefficient (Wildman–Crippen LogP) is 2.75. The number of carbonyl (C=O) groups is 1. The van der Waals surface area contributed by atoms with Crippen LogP contribution in [-0.4, -0.2) is 18.8 Å². The second-order valence-electron chi connectivity index (χ2n) is 3.76. The first-order valence-electron chi connectivity index (χ1n) is 5.72. The molecule has 0 aromatic heterocycles. The summed E-state index contributed by atoms with van der Waals surface area (Å²) in [5.74, 6) is 0.577. The van der Waals surface area contributed by atoms with E-state index in [4.69, 9.17) is 5.73 Å². The highest BCUT2D eigenvalue weighted by atomic mass is 32.2. The zero-order valence-electron chi connectivity index (χ0n) is 10.3. The van der Waals surface area contributed by atoms with Crippen molar-refractivity contribution < 1.29 is 9.53 Å². The average molecular weight is 253 g/mol. The highest BCUT2D eigenvalue weighted by Gasteiger charge is 2.04. The minimum Gasteiger partial charge on any atom is -0.469 e. The highest BCUT2D eigenvalue weighted by Crippen LogP contribution is 2.22. The third kappa shape index (κ3) is 4.79. The number of rotatable bonds is 6. The van der Waals surface area contributed by atoms with Crippen molar-refractivity contribution in [1.82, 2.24) is 0 Å². The summed E-state index contributed by atoms with van der Waals surface area (Å²) in [6.45, 7) is 2.07. The van der Waals surface area contributed by atoms with Gasteiger partial charge in [-0.25, -0.2) is 0 Å². The molecule has 0 bridgehead atoms. The van der Waals surface area contributed by atoms with E-state index in [2.05, 4.69) is 23.8 Å². The van der Waals surface area contributed by atoms with E-state index in [0.29, 0.717) is 6.42 Å². The molecule has 94 valence electrons. The monoisotopic (exact) mass is 253 g/mol. The smallest absolute Gasteiger partial charge is 0.306 e. The predicted molar refractivity (Wildman–Crippen MR) is 71.0 cm³/mol. The normalized spacial score (nSPS) is 12.2. The van der Waals surface area contributed by atoms with E-state index in [1.54, 1.807) is 11.8 Å². The van der Waals surface area contributed by atoms with Crippen molar-refractivity contribution >= 4 is 17.7 Å². The molecular formula is C13H19NO2S. The molecule has 0 saturated carbocycles. The van der Waals surface area contributed by atoms with Crippen LogP contribution in [0.1, 0.15) is 31.4 Å². The fourth-order valence-corrected chi connectivity index (χ4v) is 2.23. The van der Waals surface area contributed by atoms with Crippen LogP contribution >= 0.6 is 11.8 Å². The molecule has 0 aliphatic carbocycles. The summed E-state index contributed by atoms with van der Waals surface area (Å²) in [4.78, 5) is 12.1. The average Bonchev–Trinajstić information content (AvgIpc) is 2.38. The van der Waals surface area contributed by atoms with Crippen molar-refractivity contribution in [2.24, 2.45) is 5.73 Å². The number of methoxy groups -OCH3 is 1. The van der Waals surface area contributed by atoms with Crippen LogP contribution in [0, 0.1) is 0 Å². The first-order valence-corrected chi connectivity index (χ1v) is 6.71. The van der Waals surface area contributed by atoms with E-state index < -0.39 is 0 Å². The maximum atomic E-state index is 10.9. The van der Waals surface area contributed by atoms with Crippen molar-refractivity contribution in [3.63, 3.8) is 0 Å². The maximum absolute atomic E-state index is 10.9. The van der Waals surface area contributed by atoms with E-state index >= 15 is 0 Å². The van der Waals surface area contributed by atoms with Gasteiger partial charge in [0.2, 0.25) is 0 Å². The minimum atomic E-state index is -0.165. The molecule has 0 heterocycles. The first kappa shape index (κ1) is 14.1. The van der Waals surface area contributed by atoms with Gasteiger partial charge in [-0.2, -0.15) is 0 Å². The second-order valence-corrected chi connectivity index (χ2v) is 4.93. The van der Waals surface area contributed by atoms with Gasteiger partial charge in [0.15, 0.2) is 0 Å². The van der Waals surface area contributed by atoms with Gasteiger partial charge in [0, 0.05) is 16.7 Å². The Kier molecular flexibility index (Phi) is 6.08. The van der Waals surface area contributed by atoms with Gasteiger partial charge in [0.1, 0.15) is 0 Å². The lowest BCUT2D eigenvalue weighted by Crippen LogP contribution is -2.08. The lowest BCUT2D eigenvalue weighted by molar-refractivity contribution is -0.140. The number of thioether (sulfide) groups is 1. The number of carbonyl (C=O) groups excluding carboxylic acids is 1. The molecule has 0 aliphatic heterocycles. The van der Waals surface area contributed by atoms with Crippen molar-refractivity contribution in [2.45, 2.75) is 30.7 Å². The first-order chi connectivity index (χ1) is 8.17. The van der Waals surface area contributed by atoms with E-state index in [-0.39, 0.29) is 12.0 Å². The molecule has 2 N–H and O–H groups in total. The molecule has 0 unspecified atom stereocenters. The third-order valence-electron chi connectivity index (χ3n) is 2.55. The van der Waals surface area contributed by atoms with Gasteiger partial charge in [-0.1, -0.05) is 19.1 Å². The number of nitrogens with two attached hydrogens (primary N) is 1. The highest BCUT2D eigenvalue weighted by molar-refractivity contribution is 7.99. The molecule has 1 atom stereocenters. The summed E-state index contributed by atoms with van der Waals surface area (Å²) >= 11 is 1.65. The van der Waals surface area contributed by atoms with E-state index in [1.807, 2.05) is 12.1 Å². The summed E-state index contributed by atoms with van der Waals surface area (Å²) in [6, 6.07) is 8.31. The molecule has 0 spiro atoms. The quantitative estimate of drug-likeness (QED) is 0.625. The molecule has 0 fully saturated rings. The molecule has 0 aliphatic rings. The molecule has 17 heavy (non-hydrogen) atoms. The topological polar surface area (TPSA) is 52.3 Å². The molecule has 3 nitrogen and oxygen atoms in total. The standard InChI is InChI=1S/C13H19NO2S/c1-3-12(14)10-4-6-11(7-5-10)17-9-8-13(15)16-2/h4-7,12H,3,8-9,14H2,1-2H3/t12-/m0/s1. The Morgan fingerprint density at radius 2 is 2.06 bits per heavy atom. The van der Waals surface area contributed by atoms with Gasteiger partial charge >= 0.3 is 5.97 Å².